The van der Waals surface area contributed by atoms with E-state index in [0.29, 0.717) is 18.8 Å². The Morgan fingerprint density at radius 1 is 1.29 bits per heavy atom. The molecule has 1 heterocycles. The molecule has 0 bridgehead atoms. The highest BCUT2D eigenvalue weighted by atomic mass is 16.5. The van der Waals surface area contributed by atoms with Crippen LogP contribution in [0.4, 0.5) is 0 Å². The maximum Gasteiger partial charge on any atom is 0.107 e. The van der Waals surface area contributed by atoms with Crippen molar-refractivity contribution in [3.05, 3.63) is 0 Å². The van der Waals surface area contributed by atoms with Crippen molar-refractivity contribution in [1.82, 2.24) is 4.90 Å². The van der Waals surface area contributed by atoms with Crippen LogP contribution in [0, 0.1) is 11.8 Å². The summed E-state index contributed by atoms with van der Waals surface area (Å²) in [4.78, 5) is 2.32. The number of rotatable bonds is 2. The summed E-state index contributed by atoms with van der Waals surface area (Å²) in [5.41, 5.74) is 0. The van der Waals surface area contributed by atoms with Crippen molar-refractivity contribution in [3.8, 4) is 11.8 Å². The van der Waals surface area contributed by atoms with Crippen LogP contribution in [-0.4, -0.2) is 50.5 Å². The quantitative estimate of drug-likeness (QED) is 0.610. The van der Waals surface area contributed by atoms with E-state index >= 15 is 0 Å². The van der Waals surface area contributed by atoms with Gasteiger partial charge in [-0.2, -0.15) is 0 Å². The molecule has 0 aromatic carbocycles. The zero-order valence-corrected chi connectivity index (χ0v) is 9.25. The van der Waals surface area contributed by atoms with Crippen LogP contribution in [-0.2, 0) is 9.47 Å². The predicted molar refractivity (Wildman–Crippen MR) is 56.1 cm³/mol. The van der Waals surface area contributed by atoms with E-state index in [1.54, 1.807) is 7.11 Å². The van der Waals surface area contributed by atoms with E-state index in [1.807, 2.05) is 0 Å². The van der Waals surface area contributed by atoms with Crippen molar-refractivity contribution in [2.45, 2.75) is 26.1 Å². The Bertz CT molecular complexity index is 209. The fraction of sp³-hybridized carbons (Fsp3) is 0.818. The summed E-state index contributed by atoms with van der Waals surface area (Å²) in [5.74, 6) is 6.05. The molecule has 1 fully saturated rings. The monoisotopic (exact) mass is 197 g/mol. The number of methoxy groups -OCH3 is 1. The molecule has 0 aliphatic carbocycles. The molecule has 1 rings (SSSR count). The molecule has 0 aromatic heterocycles. The van der Waals surface area contributed by atoms with Crippen LogP contribution in [0.3, 0.4) is 0 Å². The first-order valence-electron chi connectivity index (χ1n) is 5.05. The smallest absolute Gasteiger partial charge is 0.107 e. The molecular formula is C11H19NO2. The molecule has 1 saturated heterocycles. The van der Waals surface area contributed by atoms with Gasteiger partial charge in [-0.05, 0) is 13.8 Å². The van der Waals surface area contributed by atoms with Crippen molar-refractivity contribution < 1.29 is 9.47 Å². The largest absolute Gasteiger partial charge is 0.373 e. The summed E-state index contributed by atoms with van der Waals surface area (Å²) in [7, 11) is 1.66. The van der Waals surface area contributed by atoms with Gasteiger partial charge in [0.15, 0.2) is 0 Å². The SMILES string of the molecule is COCC#CCN1C[C@@H](C)O[C@H](C)C1. The van der Waals surface area contributed by atoms with Crippen LogP contribution < -0.4 is 0 Å². The highest BCUT2D eigenvalue weighted by molar-refractivity contribution is 5.02. The highest BCUT2D eigenvalue weighted by Gasteiger charge is 2.20. The summed E-state index contributed by atoms with van der Waals surface area (Å²) in [6.07, 6.45) is 0.644. The minimum atomic E-state index is 0.322. The molecule has 0 radical (unpaired) electrons. The number of hydrogen-bond donors (Lipinski definition) is 0. The average Bonchev–Trinajstić information content (AvgIpc) is 2.11. The number of ether oxygens (including phenoxy) is 2. The highest BCUT2D eigenvalue weighted by Crippen LogP contribution is 2.09. The molecule has 0 spiro atoms. The Morgan fingerprint density at radius 3 is 2.50 bits per heavy atom. The zero-order chi connectivity index (χ0) is 10.4. The topological polar surface area (TPSA) is 21.7 Å². The molecule has 1 aliphatic heterocycles. The van der Waals surface area contributed by atoms with Crippen LogP contribution >= 0.6 is 0 Å². The Labute approximate surface area is 86.4 Å². The lowest BCUT2D eigenvalue weighted by Gasteiger charge is -2.34. The van der Waals surface area contributed by atoms with E-state index in [-0.39, 0.29) is 0 Å². The number of morpholine rings is 1. The van der Waals surface area contributed by atoms with E-state index in [9.17, 15) is 0 Å². The van der Waals surface area contributed by atoms with E-state index in [1.165, 1.54) is 0 Å². The first-order valence-corrected chi connectivity index (χ1v) is 5.05. The van der Waals surface area contributed by atoms with E-state index < -0.39 is 0 Å². The lowest BCUT2D eigenvalue weighted by molar-refractivity contribution is -0.0640. The lowest BCUT2D eigenvalue weighted by atomic mass is 10.2. The zero-order valence-electron chi connectivity index (χ0n) is 9.25. The van der Waals surface area contributed by atoms with Gasteiger partial charge in [-0.1, -0.05) is 11.8 Å². The minimum Gasteiger partial charge on any atom is -0.373 e. The molecule has 14 heavy (non-hydrogen) atoms. The fourth-order valence-corrected chi connectivity index (χ4v) is 1.70. The summed E-state index contributed by atoms with van der Waals surface area (Å²) in [6.45, 7) is 7.51. The standard InChI is InChI=1S/C11H19NO2/c1-10-8-12(9-11(2)14-10)6-4-5-7-13-3/h10-11H,6-9H2,1-3H3/t10-,11-/m1/s1. The van der Waals surface area contributed by atoms with Crippen molar-refractivity contribution in [1.29, 1.82) is 0 Å². The molecule has 0 amide bonds. The van der Waals surface area contributed by atoms with Gasteiger partial charge in [0, 0.05) is 20.2 Å². The first-order chi connectivity index (χ1) is 6.72. The third-order valence-electron chi connectivity index (χ3n) is 2.14. The van der Waals surface area contributed by atoms with Gasteiger partial charge in [-0.15, -0.1) is 0 Å². The van der Waals surface area contributed by atoms with Crippen molar-refractivity contribution in [3.63, 3.8) is 0 Å². The van der Waals surface area contributed by atoms with Gasteiger partial charge in [0.25, 0.3) is 0 Å². The van der Waals surface area contributed by atoms with Crippen molar-refractivity contribution in [2.24, 2.45) is 0 Å². The Hall–Kier alpha value is -0.560. The number of nitrogens with zero attached hydrogens (tertiary/aromatic N) is 1. The molecule has 1 aliphatic rings. The Kier molecular flexibility index (Phi) is 4.95. The van der Waals surface area contributed by atoms with Crippen molar-refractivity contribution in [2.75, 3.05) is 33.4 Å². The summed E-state index contributed by atoms with van der Waals surface area (Å²) in [5, 5.41) is 0. The third-order valence-corrected chi connectivity index (χ3v) is 2.14. The Morgan fingerprint density at radius 2 is 1.93 bits per heavy atom. The van der Waals surface area contributed by atoms with Crippen molar-refractivity contribution >= 4 is 0 Å². The second-order valence-corrected chi connectivity index (χ2v) is 3.74. The molecule has 3 heteroatoms. The maximum atomic E-state index is 5.63. The van der Waals surface area contributed by atoms with Gasteiger partial charge >= 0.3 is 0 Å². The molecule has 2 atom stereocenters. The molecule has 0 unspecified atom stereocenters. The summed E-state index contributed by atoms with van der Waals surface area (Å²) < 4.78 is 10.5. The van der Waals surface area contributed by atoms with Gasteiger partial charge in [0.1, 0.15) is 6.61 Å². The summed E-state index contributed by atoms with van der Waals surface area (Å²) in [6, 6.07) is 0. The van der Waals surface area contributed by atoms with E-state index in [4.69, 9.17) is 9.47 Å². The van der Waals surface area contributed by atoms with Crippen LogP contribution in [0.5, 0.6) is 0 Å². The normalized spacial score (nSPS) is 28.2. The fourth-order valence-electron chi connectivity index (χ4n) is 1.70. The predicted octanol–water partition coefficient (Wildman–Crippen LogP) is 0.745. The van der Waals surface area contributed by atoms with Crippen LogP contribution in [0.25, 0.3) is 0 Å². The summed E-state index contributed by atoms with van der Waals surface area (Å²) >= 11 is 0. The third kappa shape index (κ3) is 4.10. The average molecular weight is 197 g/mol. The molecule has 80 valence electrons. The van der Waals surface area contributed by atoms with Crippen LogP contribution in [0.15, 0.2) is 0 Å². The van der Waals surface area contributed by atoms with Gasteiger partial charge < -0.3 is 9.47 Å². The minimum absolute atomic E-state index is 0.322. The molecule has 0 N–H and O–H groups in total. The molecule has 3 nitrogen and oxygen atoms in total. The van der Waals surface area contributed by atoms with E-state index in [2.05, 4.69) is 30.6 Å². The van der Waals surface area contributed by atoms with Crippen LogP contribution in [0.2, 0.25) is 0 Å². The van der Waals surface area contributed by atoms with Gasteiger partial charge in [-0.3, -0.25) is 4.90 Å². The number of hydrogen-bond acceptors (Lipinski definition) is 3. The first kappa shape index (κ1) is 11.5. The Balaban J connectivity index is 2.27. The van der Waals surface area contributed by atoms with Gasteiger partial charge in [0.05, 0.1) is 18.8 Å². The molecular weight excluding hydrogens is 178 g/mol. The van der Waals surface area contributed by atoms with Crippen LogP contribution in [0.1, 0.15) is 13.8 Å². The molecule has 0 aromatic rings. The molecule has 0 saturated carbocycles. The van der Waals surface area contributed by atoms with Gasteiger partial charge in [-0.25, -0.2) is 0 Å². The van der Waals surface area contributed by atoms with E-state index in [0.717, 1.165) is 19.6 Å². The lowest BCUT2D eigenvalue weighted by Crippen LogP contribution is -2.45. The second kappa shape index (κ2) is 6.02. The maximum absolute atomic E-state index is 5.63. The van der Waals surface area contributed by atoms with Gasteiger partial charge in [0.2, 0.25) is 0 Å². The second-order valence-electron chi connectivity index (χ2n) is 3.74.